The summed E-state index contributed by atoms with van der Waals surface area (Å²) in [4.78, 5) is 27.2. The van der Waals surface area contributed by atoms with Gasteiger partial charge < -0.3 is 19.3 Å². The third-order valence-corrected chi connectivity index (χ3v) is 7.31. The molecule has 1 unspecified atom stereocenters. The number of aryl methyl sites for hydroxylation is 1. The fraction of sp³-hybridized carbons (Fsp3) is 0.429. The number of amides is 1. The molecule has 1 aliphatic heterocycles. The minimum absolute atomic E-state index is 0.00206. The number of pyridine rings is 1. The van der Waals surface area contributed by atoms with Gasteiger partial charge in [-0.25, -0.2) is 4.39 Å². The molecule has 2 heterocycles. The molecule has 0 radical (unpaired) electrons. The van der Waals surface area contributed by atoms with E-state index in [1.54, 1.807) is 36.2 Å². The highest BCUT2D eigenvalue weighted by molar-refractivity contribution is 6.31. The lowest BCUT2D eigenvalue weighted by Gasteiger charge is -2.27. The Balaban J connectivity index is 1.85. The van der Waals surface area contributed by atoms with Gasteiger partial charge in [0.05, 0.1) is 30.3 Å². The Kier molecular flexibility index (Phi) is 7.71. The maximum Gasteiger partial charge on any atom is 0.226 e. The molecule has 1 saturated heterocycles. The number of aliphatic hydroxyl groups is 1. The molecule has 1 fully saturated rings. The number of rotatable bonds is 7. The molecule has 1 amide bonds. The van der Waals surface area contributed by atoms with Crippen molar-refractivity contribution in [2.75, 3.05) is 25.2 Å². The number of ether oxygens (including phenoxy) is 1. The van der Waals surface area contributed by atoms with Crippen LogP contribution in [0.15, 0.2) is 35.3 Å². The van der Waals surface area contributed by atoms with Crippen LogP contribution in [0, 0.1) is 18.7 Å². The molecule has 0 bridgehead atoms. The summed E-state index contributed by atoms with van der Waals surface area (Å²) in [6.07, 6.45) is 4.08. The van der Waals surface area contributed by atoms with Crippen molar-refractivity contribution in [2.45, 2.75) is 52.5 Å². The summed E-state index contributed by atoms with van der Waals surface area (Å²) in [6, 6.07) is 6.43. The van der Waals surface area contributed by atoms with E-state index in [0.29, 0.717) is 52.0 Å². The van der Waals surface area contributed by atoms with E-state index in [2.05, 4.69) is 0 Å². The van der Waals surface area contributed by atoms with Crippen LogP contribution >= 0.6 is 11.6 Å². The topological polar surface area (TPSA) is 71.8 Å². The maximum absolute atomic E-state index is 15.2. The number of methoxy groups -OCH3 is 1. The van der Waals surface area contributed by atoms with Crippen molar-refractivity contribution < 1.29 is 19.0 Å². The Labute approximate surface area is 215 Å². The van der Waals surface area contributed by atoms with Crippen molar-refractivity contribution in [3.63, 3.8) is 0 Å². The second kappa shape index (κ2) is 10.6. The number of carbonyl (C=O) groups is 1. The summed E-state index contributed by atoms with van der Waals surface area (Å²) >= 11 is 6.25. The lowest BCUT2D eigenvalue weighted by Crippen LogP contribution is -2.35. The van der Waals surface area contributed by atoms with Crippen LogP contribution in [0.4, 0.5) is 10.1 Å². The van der Waals surface area contributed by atoms with Crippen molar-refractivity contribution in [1.29, 1.82) is 0 Å². The molecule has 0 saturated carbocycles. The van der Waals surface area contributed by atoms with Gasteiger partial charge in [-0.1, -0.05) is 25.4 Å². The minimum atomic E-state index is -0.561. The van der Waals surface area contributed by atoms with Gasteiger partial charge in [-0.05, 0) is 55.0 Å². The SMILES string of the molecule is COc1cc2c(cc1Cc1cc(N3CCCCC3=O)cc(Cl)c1F)c(=O)c(C)cn2C(CO)C(C)C. The molecule has 1 atom stereocenters. The van der Waals surface area contributed by atoms with Gasteiger partial charge in [0.25, 0.3) is 0 Å². The molecule has 0 spiro atoms. The number of fused-ring (bicyclic) bond motifs is 1. The van der Waals surface area contributed by atoms with Gasteiger partial charge >= 0.3 is 0 Å². The highest BCUT2D eigenvalue weighted by atomic mass is 35.5. The molecule has 1 aliphatic rings. The largest absolute Gasteiger partial charge is 0.496 e. The molecule has 1 N–H and O–H groups in total. The number of carbonyl (C=O) groups excluding carboxylic acids is 1. The molecule has 36 heavy (non-hydrogen) atoms. The third-order valence-electron chi connectivity index (χ3n) is 7.03. The van der Waals surface area contributed by atoms with E-state index in [4.69, 9.17) is 16.3 Å². The number of aliphatic hydroxyl groups excluding tert-OH is 1. The third kappa shape index (κ3) is 4.87. The van der Waals surface area contributed by atoms with Gasteiger partial charge in [-0.2, -0.15) is 0 Å². The van der Waals surface area contributed by atoms with Crippen molar-refractivity contribution in [2.24, 2.45) is 5.92 Å². The molecule has 1 aromatic heterocycles. The van der Waals surface area contributed by atoms with Crippen LogP contribution in [-0.2, 0) is 11.2 Å². The zero-order valence-corrected chi connectivity index (χ0v) is 21.9. The summed E-state index contributed by atoms with van der Waals surface area (Å²) in [6.45, 7) is 6.26. The summed E-state index contributed by atoms with van der Waals surface area (Å²) < 4.78 is 22.7. The zero-order valence-electron chi connectivity index (χ0n) is 21.1. The Morgan fingerprint density at radius 2 is 1.89 bits per heavy atom. The highest BCUT2D eigenvalue weighted by Gasteiger charge is 2.24. The lowest BCUT2D eigenvalue weighted by atomic mass is 9.98. The number of aromatic nitrogens is 1. The molecule has 4 rings (SSSR count). The van der Waals surface area contributed by atoms with Gasteiger partial charge in [-0.3, -0.25) is 9.59 Å². The lowest BCUT2D eigenvalue weighted by molar-refractivity contribution is -0.119. The van der Waals surface area contributed by atoms with Gasteiger partial charge in [0.2, 0.25) is 5.91 Å². The first kappa shape index (κ1) is 26.2. The van der Waals surface area contributed by atoms with E-state index < -0.39 is 5.82 Å². The Morgan fingerprint density at radius 1 is 1.14 bits per heavy atom. The van der Waals surface area contributed by atoms with Crippen molar-refractivity contribution in [3.05, 3.63) is 68.2 Å². The number of hydrogen-bond acceptors (Lipinski definition) is 4. The Bertz CT molecular complexity index is 1370. The molecular formula is C28H32ClFN2O4. The first-order valence-corrected chi connectivity index (χ1v) is 12.7. The van der Waals surface area contributed by atoms with Crippen molar-refractivity contribution in [1.82, 2.24) is 4.57 Å². The van der Waals surface area contributed by atoms with Gasteiger partial charge in [0.15, 0.2) is 5.43 Å². The molecule has 2 aromatic carbocycles. The average molecular weight is 515 g/mol. The first-order valence-electron chi connectivity index (χ1n) is 12.3. The highest BCUT2D eigenvalue weighted by Crippen LogP contribution is 2.34. The minimum Gasteiger partial charge on any atom is -0.496 e. The summed E-state index contributed by atoms with van der Waals surface area (Å²) in [5.74, 6) is 0.0591. The van der Waals surface area contributed by atoms with Crippen LogP contribution < -0.4 is 15.1 Å². The Morgan fingerprint density at radius 3 is 2.53 bits per heavy atom. The second-order valence-corrected chi connectivity index (χ2v) is 10.2. The van der Waals surface area contributed by atoms with Crippen LogP contribution in [0.2, 0.25) is 5.02 Å². The van der Waals surface area contributed by atoms with Crippen LogP contribution in [0.25, 0.3) is 10.9 Å². The van der Waals surface area contributed by atoms with Crippen LogP contribution in [0.5, 0.6) is 5.75 Å². The van der Waals surface area contributed by atoms with Crippen LogP contribution in [-0.4, -0.2) is 35.8 Å². The molecule has 3 aromatic rings. The van der Waals surface area contributed by atoms with Crippen LogP contribution in [0.3, 0.4) is 0 Å². The average Bonchev–Trinajstić information content (AvgIpc) is 2.85. The van der Waals surface area contributed by atoms with Gasteiger partial charge in [-0.15, -0.1) is 0 Å². The fourth-order valence-electron chi connectivity index (χ4n) is 4.98. The molecular weight excluding hydrogens is 483 g/mol. The predicted molar refractivity (Wildman–Crippen MR) is 141 cm³/mol. The summed E-state index contributed by atoms with van der Waals surface area (Å²) in [5.41, 5.74) is 2.58. The molecule has 0 aliphatic carbocycles. The zero-order chi connectivity index (χ0) is 26.1. The van der Waals surface area contributed by atoms with E-state index >= 15 is 4.39 Å². The standard InChI is InChI=1S/C28H32ClFN2O4/c1-16(2)24(15-33)32-14-17(3)28(35)21-11-18(25(36-4)13-23(21)32)9-19-10-20(12-22(29)27(19)30)31-8-6-5-7-26(31)34/h10-14,16,24,33H,5-9,15H2,1-4H3. The fourth-order valence-corrected chi connectivity index (χ4v) is 5.21. The van der Waals surface area contributed by atoms with Crippen molar-refractivity contribution >= 4 is 34.1 Å². The number of halogens is 2. The van der Waals surface area contributed by atoms with Gasteiger partial charge in [0, 0.05) is 48.3 Å². The van der Waals surface area contributed by atoms with Crippen molar-refractivity contribution in [3.8, 4) is 5.75 Å². The first-order chi connectivity index (χ1) is 17.2. The normalized spacial score (nSPS) is 15.1. The number of hydrogen-bond donors (Lipinski definition) is 1. The van der Waals surface area contributed by atoms with Gasteiger partial charge in [0.1, 0.15) is 11.6 Å². The van der Waals surface area contributed by atoms with E-state index in [1.807, 2.05) is 18.4 Å². The summed E-state index contributed by atoms with van der Waals surface area (Å²) in [5, 5.41) is 10.5. The monoisotopic (exact) mass is 514 g/mol. The van der Waals surface area contributed by atoms with E-state index in [9.17, 15) is 14.7 Å². The number of nitrogens with zero attached hydrogens (tertiary/aromatic N) is 2. The predicted octanol–water partition coefficient (Wildman–Crippen LogP) is 5.41. The quantitative estimate of drug-likeness (QED) is 0.457. The molecule has 192 valence electrons. The van der Waals surface area contributed by atoms with E-state index in [-0.39, 0.29) is 41.3 Å². The second-order valence-electron chi connectivity index (χ2n) is 9.80. The smallest absolute Gasteiger partial charge is 0.226 e. The summed E-state index contributed by atoms with van der Waals surface area (Å²) in [7, 11) is 1.53. The van der Waals surface area contributed by atoms with E-state index in [1.165, 1.54) is 13.2 Å². The number of piperidine rings is 1. The molecule has 8 heteroatoms. The van der Waals surface area contributed by atoms with Crippen LogP contribution in [0.1, 0.15) is 55.8 Å². The van der Waals surface area contributed by atoms with E-state index in [0.717, 1.165) is 12.8 Å². The molecule has 6 nitrogen and oxygen atoms in total. The maximum atomic E-state index is 15.2. The number of benzene rings is 2. The number of anilines is 1. The Hall–Kier alpha value is -2.90.